The zero-order chi connectivity index (χ0) is 17.2. The quantitative estimate of drug-likeness (QED) is 0.574. The molecule has 2 amide bonds. The Kier molecular flexibility index (Phi) is 7.97. The number of carbonyl (C=O) groups is 3. The predicted molar refractivity (Wildman–Crippen MR) is 88.6 cm³/mol. The molecule has 126 valence electrons. The van der Waals surface area contributed by atoms with Crippen molar-refractivity contribution in [2.45, 2.75) is 38.8 Å². The number of nitrogens with two attached hydrogens (primary N) is 1. The first-order chi connectivity index (χ1) is 11.0. The minimum Gasteiger partial charge on any atom is -0.344 e. The summed E-state index contributed by atoms with van der Waals surface area (Å²) in [7, 11) is 0. The van der Waals surface area contributed by atoms with Crippen molar-refractivity contribution >= 4 is 18.1 Å². The molecular formula is C17H25N3O3. The smallest absolute Gasteiger partial charge is 0.243 e. The molecule has 4 N–H and O–H groups in total. The number of aldehydes is 1. The van der Waals surface area contributed by atoms with Gasteiger partial charge in [-0.05, 0) is 17.9 Å². The van der Waals surface area contributed by atoms with Crippen molar-refractivity contribution in [1.82, 2.24) is 10.6 Å². The van der Waals surface area contributed by atoms with Gasteiger partial charge >= 0.3 is 0 Å². The molecule has 1 unspecified atom stereocenters. The summed E-state index contributed by atoms with van der Waals surface area (Å²) in [5.41, 5.74) is 6.25. The van der Waals surface area contributed by atoms with Gasteiger partial charge in [0.05, 0.1) is 12.6 Å². The van der Waals surface area contributed by atoms with Gasteiger partial charge in [-0.25, -0.2) is 0 Å². The summed E-state index contributed by atoms with van der Waals surface area (Å²) in [6.07, 6.45) is 1.84. The molecule has 0 aliphatic heterocycles. The number of hydrogen-bond acceptors (Lipinski definition) is 4. The van der Waals surface area contributed by atoms with E-state index in [9.17, 15) is 14.4 Å². The minimum absolute atomic E-state index is 0.0606. The maximum absolute atomic E-state index is 12.4. The molecule has 0 fully saturated rings. The molecular weight excluding hydrogens is 294 g/mol. The van der Waals surface area contributed by atoms with Crippen molar-refractivity contribution in [3.05, 3.63) is 35.9 Å². The Hall–Kier alpha value is -2.21. The molecule has 0 spiro atoms. The fourth-order valence-electron chi connectivity index (χ4n) is 2.21. The van der Waals surface area contributed by atoms with Crippen LogP contribution >= 0.6 is 0 Å². The molecule has 0 saturated carbocycles. The molecule has 6 heteroatoms. The summed E-state index contributed by atoms with van der Waals surface area (Å²) in [5, 5.41) is 5.32. The van der Waals surface area contributed by atoms with Crippen molar-refractivity contribution in [2.24, 2.45) is 11.7 Å². The van der Waals surface area contributed by atoms with Gasteiger partial charge in [0.1, 0.15) is 12.3 Å². The Morgan fingerprint density at radius 3 is 2.39 bits per heavy atom. The van der Waals surface area contributed by atoms with Crippen LogP contribution in [0.3, 0.4) is 0 Å². The average Bonchev–Trinajstić information content (AvgIpc) is 2.58. The van der Waals surface area contributed by atoms with Crippen molar-refractivity contribution in [3.8, 4) is 0 Å². The van der Waals surface area contributed by atoms with Crippen LogP contribution in [0.2, 0.25) is 0 Å². The van der Waals surface area contributed by atoms with E-state index in [0.29, 0.717) is 19.1 Å². The fraction of sp³-hybridized carbons (Fsp3) is 0.471. The van der Waals surface area contributed by atoms with Crippen molar-refractivity contribution in [3.63, 3.8) is 0 Å². The Morgan fingerprint density at radius 2 is 1.87 bits per heavy atom. The Bertz CT molecular complexity index is 519. The van der Waals surface area contributed by atoms with Gasteiger partial charge in [0.15, 0.2) is 0 Å². The van der Waals surface area contributed by atoms with Gasteiger partial charge < -0.3 is 21.2 Å². The maximum atomic E-state index is 12.4. The summed E-state index contributed by atoms with van der Waals surface area (Å²) < 4.78 is 0. The lowest BCUT2D eigenvalue weighted by Crippen LogP contribution is -2.54. The second-order valence-electron chi connectivity index (χ2n) is 5.58. The summed E-state index contributed by atoms with van der Waals surface area (Å²) in [5.74, 6) is -0.820. The topological polar surface area (TPSA) is 101 Å². The third kappa shape index (κ3) is 6.20. The zero-order valence-corrected chi connectivity index (χ0v) is 13.6. The highest BCUT2D eigenvalue weighted by Gasteiger charge is 2.27. The second kappa shape index (κ2) is 9.74. The molecule has 0 radical (unpaired) electrons. The van der Waals surface area contributed by atoms with Crippen LogP contribution in [0.5, 0.6) is 0 Å². The largest absolute Gasteiger partial charge is 0.344 e. The lowest BCUT2D eigenvalue weighted by molar-refractivity contribution is -0.130. The van der Waals surface area contributed by atoms with Gasteiger partial charge in [0.25, 0.3) is 0 Å². The Balaban J connectivity index is 2.74. The van der Waals surface area contributed by atoms with Crippen LogP contribution in [-0.2, 0) is 20.8 Å². The minimum atomic E-state index is -0.700. The molecule has 0 saturated heterocycles. The van der Waals surface area contributed by atoms with Crippen molar-refractivity contribution in [1.29, 1.82) is 0 Å². The van der Waals surface area contributed by atoms with Crippen molar-refractivity contribution < 1.29 is 14.4 Å². The van der Waals surface area contributed by atoms with E-state index in [-0.39, 0.29) is 18.4 Å². The van der Waals surface area contributed by atoms with Crippen LogP contribution in [0.15, 0.2) is 30.3 Å². The first-order valence-corrected chi connectivity index (χ1v) is 7.80. The first-order valence-electron chi connectivity index (χ1n) is 7.80. The monoisotopic (exact) mass is 319 g/mol. The molecule has 0 aromatic heterocycles. The van der Waals surface area contributed by atoms with Gasteiger partial charge in [-0.1, -0.05) is 50.6 Å². The van der Waals surface area contributed by atoms with E-state index in [2.05, 4.69) is 10.6 Å². The first kappa shape index (κ1) is 18.8. The summed E-state index contributed by atoms with van der Waals surface area (Å²) >= 11 is 0. The summed E-state index contributed by atoms with van der Waals surface area (Å²) in [6, 6.07) is 8.10. The van der Waals surface area contributed by atoms with Crippen LogP contribution in [0.1, 0.15) is 25.8 Å². The Labute approximate surface area is 136 Å². The number of hydrogen-bond donors (Lipinski definition) is 3. The Morgan fingerprint density at radius 1 is 1.22 bits per heavy atom. The third-order valence-corrected chi connectivity index (χ3v) is 3.79. The molecule has 23 heavy (non-hydrogen) atoms. The number of amides is 2. The number of carbonyl (C=O) groups excluding carboxylic acids is 3. The normalized spacial score (nSPS) is 14.4. The molecule has 3 atom stereocenters. The molecule has 1 rings (SSSR count). The average molecular weight is 319 g/mol. The van der Waals surface area contributed by atoms with Gasteiger partial charge in [-0.15, -0.1) is 0 Å². The summed E-state index contributed by atoms with van der Waals surface area (Å²) in [6.45, 7) is 3.62. The van der Waals surface area contributed by atoms with Crippen LogP contribution < -0.4 is 16.4 Å². The number of nitrogens with one attached hydrogen (secondary N) is 2. The molecule has 0 aliphatic carbocycles. The highest BCUT2D eigenvalue weighted by molar-refractivity contribution is 5.89. The van der Waals surface area contributed by atoms with E-state index in [0.717, 1.165) is 5.56 Å². The fourth-order valence-corrected chi connectivity index (χ4v) is 2.21. The molecule has 1 aromatic rings. The zero-order valence-electron chi connectivity index (χ0n) is 13.6. The highest BCUT2D eigenvalue weighted by Crippen LogP contribution is 2.09. The number of rotatable bonds is 9. The molecule has 0 heterocycles. The predicted octanol–water partition coefficient (Wildman–Crippen LogP) is 0.402. The van der Waals surface area contributed by atoms with E-state index >= 15 is 0 Å². The second-order valence-corrected chi connectivity index (χ2v) is 5.58. The van der Waals surface area contributed by atoms with E-state index in [1.54, 1.807) is 0 Å². The lowest BCUT2D eigenvalue weighted by Gasteiger charge is -2.25. The molecule has 0 bridgehead atoms. The SMILES string of the molecule is CC[C@H](C)[C@H](NC(=O)CN)C(=O)NC(C=O)Cc1ccccc1. The summed E-state index contributed by atoms with van der Waals surface area (Å²) in [4.78, 5) is 35.2. The van der Waals surface area contributed by atoms with Crippen LogP contribution in [0, 0.1) is 5.92 Å². The molecule has 0 aliphatic rings. The van der Waals surface area contributed by atoms with Gasteiger partial charge in [-0.3, -0.25) is 9.59 Å². The van der Waals surface area contributed by atoms with E-state index in [1.807, 2.05) is 44.2 Å². The van der Waals surface area contributed by atoms with Crippen LogP contribution in [0.4, 0.5) is 0 Å². The van der Waals surface area contributed by atoms with Crippen LogP contribution in [-0.4, -0.2) is 36.7 Å². The molecule has 1 aromatic carbocycles. The van der Waals surface area contributed by atoms with E-state index in [4.69, 9.17) is 5.73 Å². The van der Waals surface area contributed by atoms with Gasteiger partial charge in [0.2, 0.25) is 11.8 Å². The van der Waals surface area contributed by atoms with Gasteiger partial charge in [-0.2, -0.15) is 0 Å². The highest BCUT2D eigenvalue weighted by atomic mass is 16.2. The van der Waals surface area contributed by atoms with Crippen LogP contribution in [0.25, 0.3) is 0 Å². The maximum Gasteiger partial charge on any atom is 0.243 e. The van der Waals surface area contributed by atoms with E-state index < -0.39 is 18.0 Å². The van der Waals surface area contributed by atoms with Gasteiger partial charge in [0, 0.05) is 0 Å². The van der Waals surface area contributed by atoms with Crippen molar-refractivity contribution in [2.75, 3.05) is 6.54 Å². The van der Waals surface area contributed by atoms with E-state index in [1.165, 1.54) is 0 Å². The number of benzene rings is 1. The standard InChI is InChI=1S/C17H25N3O3/c1-3-12(2)16(20-15(22)10-18)17(23)19-14(11-21)9-13-7-5-4-6-8-13/h4-8,11-12,14,16H,3,9-10,18H2,1-2H3,(H,19,23)(H,20,22)/t12-,14?,16-/m0/s1. The third-order valence-electron chi connectivity index (χ3n) is 3.79. The lowest BCUT2D eigenvalue weighted by atomic mass is 9.97. The molecule has 6 nitrogen and oxygen atoms in total.